The topological polar surface area (TPSA) is 0 Å². The molecule has 0 bridgehead atoms. The molecule has 0 aromatic heterocycles. The van der Waals surface area contributed by atoms with Crippen molar-refractivity contribution in [3.63, 3.8) is 0 Å². The molecule has 0 aliphatic heterocycles. The first-order chi connectivity index (χ1) is 5.48. The lowest BCUT2D eigenvalue weighted by atomic mass is 9.74. The molecule has 0 nitrogen and oxygen atoms in total. The van der Waals surface area contributed by atoms with Gasteiger partial charge >= 0.3 is 0 Å². The Hall–Kier alpha value is -0.490. The summed E-state index contributed by atoms with van der Waals surface area (Å²) >= 11 is 5.65. The number of rotatable bonds is 0. The van der Waals surface area contributed by atoms with Gasteiger partial charge in [-0.25, -0.2) is 0 Å². The average molecular weight is 183 g/mol. The first-order valence-electron chi connectivity index (χ1n) is 4.16. The van der Waals surface area contributed by atoms with Crippen LogP contribution in [0.2, 0.25) is 0 Å². The highest BCUT2D eigenvalue weighted by molar-refractivity contribution is 6.26. The summed E-state index contributed by atoms with van der Waals surface area (Å²) in [4.78, 5) is 0. The highest BCUT2D eigenvalue weighted by Gasteiger charge is 2.24. The van der Waals surface area contributed by atoms with Gasteiger partial charge in [-0.2, -0.15) is 0 Å². The zero-order valence-corrected chi connectivity index (χ0v) is 8.87. The molecule has 0 fully saturated rings. The van der Waals surface area contributed by atoms with Crippen molar-refractivity contribution in [3.05, 3.63) is 34.4 Å². The fraction of sp³-hybridized carbons (Fsp3) is 0.455. The van der Waals surface area contributed by atoms with Gasteiger partial charge in [0.1, 0.15) is 0 Å². The van der Waals surface area contributed by atoms with Gasteiger partial charge in [0.25, 0.3) is 0 Å². The van der Waals surface area contributed by atoms with E-state index in [1.54, 1.807) is 5.54 Å². The molecule has 1 rings (SSSR count). The molecule has 0 saturated carbocycles. The molecular weight excluding hydrogens is 168 g/mol. The van der Waals surface area contributed by atoms with Gasteiger partial charge in [0.05, 0.1) is 0 Å². The number of hydrogen-bond donors (Lipinski definition) is 0. The van der Waals surface area contributed by atoms with E-state index in [9.17, 15) is 0 Å². The van der Waals surface area contributed by atoms with Crippen molar-refractivity contribution >= 4 is 11.6 Å². The Balaban J connectivity index is 3.13. The van der Waals surface area contributed by atoms with E-state index in [4.69, 9.17) is 11.6 Å². The molecule has 1 heteroatoms. The lowest BCUT2D eigenvalue weighted by molar-refractivity contribution is 0.533. The Morgan fingerprint density at radius 2 is 1.58 bits per heavy atom. The zero-order chi connectivity index (χ0) is 9.35. The van der Waals surface area contributed by atoms with Gasteiger partial charge in [-0.05, 0) is 19.4 Å². The molecule has 1 aliphatic carbocycles. The minimum Gasteiger partial charge on any atom is -0.0923 e. The van der Waals surface area contributed by atoms with Crippen molar-refractivity contribution < 1.29 is 0 Å². The van der Waals surface area contributed by atoms with Crippen LogP contribution in [0, 0.1) is 5.41 Å². The summed E-state index contributed by atoms with van der Waals surface area (Å²) in [6.07, 6.45) is 4.28. The van der Waals surface area contributed by atoms with Gasteiger partial charge in [-0.3, -0.25) is 0 Å². The van der Waals surface area contributed by atoms with E-state index in [1.807, 2.05) is 0 Å². The second-order valence-electron chi connectivity index (χ2n) is 3.89. The second kappa shape index (κ2) is 3.10. The van der Waals surface area contributed by atoms with Gasteiger partial charge in [0, 0.05) is 11.0 Å². The van der Waals surface area contributed by atoms with E-state index in [1.165, 1.54) is 11.1 Å². The van der Waals surface area contributed by atoms with Crippen molar-refractivity contribution in [1.82, 2.24) is 0 Å². The molecule has 0 atom stereocenters. The van der Waals surface area contributed by atoms with E-state index in [0.717, 1.165) is 5.57 Å². The van der Waals surface area contributed by atoms with Gasteiger partial charge in [0.2, 0.25) is 0 Å². The third-order valence-corrected chi connectivity index (χ3v) is 3.12. The Morgan fingerprint density at radius 1 is 1.17 bits per heavy atom. The first kappa shape index (κ1) is 9.60. The molecule has 0 radical (unpaired) electrons. The number of allylic oxidation sites excluding steroid dienone is 5. The van der Waals surface area contributed by atoms with Crippen molar-refractivity contribution in [2.75, 3.05) is 0 Å². The van der Waals surface area contributed by atoms with Crippen molar-refractivity contribution in [1.29, 1.82) is 0 Å². The molecule has 1 aliphatic rings. The Morgan fingerprint density at radius 3 is 1.92 bits per heavy atom. The maximum atomic E-state index is 5.65. The monoisotopic (exact) mass is 182 g/mol. The summed E-state index contributed by atoms with van der Waals surface area (Å²) in [5, 5.41) is 0. The maximum Gasteiger partial charge on any atom is 0.0115 e. The highest BCUT2D eigenvalue weighted by atomic mass is 35.5. The third kappa shape index (κ3) is 1.49. The van der Waals surface area contributed by atoms with Crippen molar-refractivity contribution in [2.24, 2.45) is 5.41 Å². The van der Waals surface area contributed by atoms with Crippen LogP contribution in [-0.4, -0.2) is 0 Å². The molecule has 0 spiro atoms. The van der Waals surface area contributed by atoms with Crippen LogP contribution >= 0.6 is 11.6 Å². The van der Waals surface area contributed by atoms with Crippen molar-refractivity contribution in [3.8, 4) is 0 Å². The minimum atomic E-state index is 0.198. The molecule has 0 saturated heterocycles. The van der Waals surface area contributed by atoms with Gasteiger partial charge in [-0.15, -0.1) is 0 Å². The predicted molar refractivity (Wildman–Crippen MR) is 55.2 cm³/mol. The van der Waals surface area contributed by atoms with Gasteiger partial charge < -0.3 is 0 Å². The van der Waals surface area contributed by atoms with E-state index < -0.39 is 0 Å². The van der Waals surface area contributed by atoms with Crippen molar-refractivity contribution in [2.45, 2.75) is 27.7 Å². The summed E-state index contributed by atoms with van der Waals surface area (Å²) in [7, 11) is 0. The van der Waals surface area contributed by atoms with Crippen LogP contribution in [0.4, 0.5) is 0 Å². The third-order valence-electron chi connectivity index (χ3n) is 2.86. The SMILES string of the molecule is CC1=CC(=CCl)C=C(C)C1(C)C. The summed E-state index contributed by atoms with van der Waals surface area (Å²) in [5.74, 6) is 0. The van der Waals surface area contributed by atoms with E-state index in [-0.39, 0.29) is 5.41 Å². The second-order valence-corrected chi connectivity index (χ2v) is 4.11. The van der Waals surface area contributed by atoms with Crippen LogP contribution in [0.5, 0.6) is 0 Å². The van der Waals surface area contributed by atoms with Crippen LogP contribution in [0.15, 0.2) is 34.4 Å². The Bertz CT molecular complexity index is 253. The van der Waals surface area contributed by atoms with E-state index in [2.05, 4.69) is 39.8 Å². The fourth-order valence-corrected chi connectivity index (χ4v) is 1.40. The lowest BCUT2D eigenvalue weighted by Crippen LogP contribution is -2.17. The molecule has 0 amide bonds. The summed E-state index contributed by atoms with van der Waals surface area (Å²) in [5.41, 5.74) is 5.67. The van der Waals surface area contributed by atoms with Crippen LogP contribution in [0.3, 0.4) is 0 Å². The zero-order valence-electron chi connectivity index (χ0n) is 8.11. The van der Waals surface area contributed by atoms with Crippen LogP contribution in [0.25, 0.3) is 0 Å². The molecule has 0 aromatic rings. The predicted octanol–water partition coefficient (Wildman–Crippen LogP) is 4.04. The largest absolute Gasteiger partial charge is 0.0923 e. The summed E-state index contributed by atoms with van der Waals surface area (Å²) < 4.78 is 0. The standard InChI is InChI=1S/C11H15Cl/c1-8-5-10(7-12)6-9(2)11(8,3)4/h5-7H,1-4H3. The first-order valence-corrected chi connectivity index (χ1v) is 4.60. The van der Waals surface area contributed by atoms with E-state index >= 15 is 0 Å². The molecule has 12 heavy (non-hydrogen) atoms. The molecular formula is C11H15Cl. The molecule has 0 unspecified atom stereocenters. The Kier molecular flexibility index (Phi) is 2.48. The highest BCUT2D eigenvalue weighted by Crippen LogP contribution is 2.38. The molecule has 0 N–H and O–H groups in total. The van der Waals surface area contributed by atoms with Gasteiger partial charge in [-0.1, -0.05) is 48.7 Å². The quantitative estimate of drug-likeness (QED) is 0.531. The van der Waals surface area contributed by atoms with Crippen LogP contribution in [0.1, 0.15) is 27.7 Å². The van der Waals surface area contributed by atoms with E-state index in [0.29, 0.717) is 0 Å². The Labute approximate surface area is 79.6 Å². The summed E-state index contributed by atoms with van der Waals surface area (Å²) in [6, 6.07) is 0. The lowest BCUT2D eigenvalue weighted by Gasteiger charge is -2.30. The van der Waals surface area contributed by atoms with Crippen LogP contribution in [-0.2, 0) is 0 Å². The molecule has 66 valence electrons. The number of hydrogen-bond acceptors (Lipinski definition) is 0. The fourth-order valence-electron chi connectivity index (χ4n) is 1.28. The normalized spacial score (nSPS) is 21.6. The van der Waals surface area contributed by atoms with Crippen LogP contribution < -0.4 is 0 Å². The molecule has 0 aromatic carbocycles. The number of halogens is 1. The maximum absolute atomic E-state index is 5.65. The summed E-state index contributed by atoms with van der Waals surface area (Å²) in [6.45, 7) is 8.76. The smallest absolute Gasteiger partial charge is 0.0115 e. The minimum absolute atomic E-state index is 0.198. The van der Waals surface area contributed by atoms with Gasteiger partial charge in [0.15, 0.2) is 0 Å². The average Bonchev–Trinajstić information content (AvgIpc) is 2.00. The molecule has 0 heterocycles.